The average molecular weight is 415 g/mol. The van der Waals surface area contributed by atoms with Crippen molar-refractivity contribution >= 4 is 0 Å². The molecule has 0 bridgehead atoms. The third-order valence-electron chi connectivity index (χ3n) is 6.11. The van der Waals surface area contributed by atoms with Gasteiger partial charge in [-0.25, -0.2) is 4.39 Å². The third-order valence-corrected chi connectivity index (χ3v) is 6.11. The van der Waals surface area contributed by atoms with Crippen molar-refractivity contribution in [2.45, 2.75) is 89.2 Å². The second-order valence-electron chi connectivity index (χ2n) is 8.59. The van der Waals surface area contributed by atoms with Gasteiger partial charge in [0.1, 0.15) is 5.75 Å². The van der Waals surface area contributed by atoms with Crippen molar-refractivity contribution in [3.63, 3.8) is 0 Å². The first-order chi connectivity index (χ1) is 13.8. The van der Waals surface area contributed by atoms with E-state index in [1.165, 1.54) is 31.2 Å². The van der Waals surface area contributed by atoms with Crippen LogP contribution in [0.4, 0.5) is 13.2 Å². The monoisotopic (exact) mass is 414 g/mol. The van der Waals surface area contributed by atoms with E-state index in [0.29, 0.717) is 12.3 Å². The van der Waals surface area contributed by atoms with Crippen LogP contribution < -0.4 is 4.74 Å². The summed E-state index contributed by atoms with van der Waals surface area (Å²) in [5, 5.41) is 0. The summed E-state index contributed by atoms with van der Waals surface area (Å²) in [6, 6.07) is 6.88. The van der Waals surface area contributed by atoms with E-state index in [-0.39, 0.29) is 12.2 Å². The van der Waals surface area contributed by atoms with Crippen molar-refractivity contribution in [2.75, 3.05) is 13.2 Å². The van der Waals surface area contributed by atoms with E-state index in [0.717, 1.165) is 18.8 Å². The highest BCUT2D eigenvalue weighted by atomic mass is 19.3. The first kappa shape index (κ1) is 22.4. The van der Waals surface area contributed by atoms with Crippen LogP contribution in [0.25, 0.3) is 0 Å². The summed E-state index contributed by atoms with van der Waals surface area (Å²) < 4.78 is 57.9. The fraction of sp³-hybridized carbons (Fsp3) is 0.739. The van der Waals surface area contributed by atoms with E-state index in [9.17, 15) is 13.2 Å². The van der Waals surface area contributed by atoms with Gasteiger partial charge in [-0.2, -0.15) is 8.78 Å². The number of alkyl halides is 3. The molecule has 0 radical (unpaired) electrons. The summed E-state index contributed by atoms with van der Waals surface area (Å²) in [7, 11) is 0. The Kier molecular flexibility index (Phi) is 7.49. The molecule has 3 rings (SSSR count). The first-order valence-electron chi connectivity index (χ1n) is 10.9. The highest BCUT2D eigenvalue weighted by Gasteiger charge is 2.50. The zero-order chi connectivity index (χ0) is 20.9. The third kappa shape index (κ3) is 5.88. The number of halogens is 3. The van der Waals surface area contributed by atoms with Gasteiger partial charge in [0, 0.05) is 0 Å². The molecule has 1 aromatic carbocycles. The van der Waals surface area contributed by atoms with Crippen molar-refractivity contribution in [2.24, 2.45) is 5.92 Å². The minimum Gasteiger partial charge on any atom is -0.429 e. The van der Waals surface area contributed by atoms with E-state index < -0.39 is 31.3 Å². The van der Waals surface area contributed by atoms with Gasteiger partial charge in [-0.1, -0.05) is 45.2 Å². The quantitative estimate of drug-likeness (QED) is 0.479. The van der Waals surface area contributed by atoms with E-state index in [1.807, 2.05) is 19.1 Å². The van der Waals surface area contributed by atoms with Crippen LogP contribution >= 0.6 is 0 Å². The SMILES string of the molecule is CCCC1CCC(c2ccc(OC(F)(F)C3OCC(F)(CCC)CO3)cc2)CC1. The van der Waals surface area contributed by atoms with E-state index in [2.05, 4.69) is 6.92 Å². The first-order valence-corrected chi connectivity index (χ1v) is 10.9. The predicted molar refractivity (Wildman–Crippen MR) is 106 cm³/mol. The summed E-state index contributed by atoms with van der Waals surface area (Å²) in [4.78, 5) is 0. The molecule has 1 aliphatic heterocycles. The molecule has 0 spiro atoms. The van der Waals surface area contributed by atoms with Gasteiger partial charge < -0.3 is 14.2 Å². The Morgan fingerprint density at radius 2 is 1.62 bits per heavy atom. The summed E-state index contributed by atoms with van der Waals surface area (Å²) >= 11 is 0. The molecule has 1 aliphatic carbocycles. The maximum atomic E-state index is 14.4. The number of benzene rings is 1. The van der Waals surface area contributed by atoms with Gasteiger partial charge in [-0.15, -0.1) is 0 Å². The van der Waals surface area contributed by atoms with E-state index in [4.69, 9.17) is 14.2 Å². The molecule has 3 nitrogen and oxygen atoms in total. The molecule has 1 saturated heterocycles. The van der Waals surface area contributed by atoms with Crippen LogP contribution in [0.3, 0.4) is 0 Å². The van der Waals surface area contributed by atoms with Gasteiger partial charge in [-0.05, 0) is 61.6 Å². The van der Waals surface area contributed by atoms with Gasteiger partial charge in [0.15, 0.2) is 5.67 Å². The standard InChI is InChI=1S/C23H33F3O3/c1-3-5-17-6-8-18(9-7-17)19-10-12-20(13-11-19)29-23(25,26)21-27-15-22(24,14-4-2)16-28-21/h10-13,17-18,21H,3-9,14-16H2,1-2H3. The largest absolute Gasteiger partial charge is 0.451 e. The van der Waals surface area contributed by atoms with Crippen molar-refractivity contribution in [3.05, 3.63) is 29.8 Å². The maximum absolute atomic E-state index is 14.4. The molecule has 1 aromatic rings. The Morgan fingerprint density at radius 3 is 2.17 bits per heavy atom. The Hall–Kier alpha value is -1.27. The van der Waals surface area contributed by atoms with Gasteiger partial charge in [0.05, 0.1) is 13.2 Å². The molecule has 0 unspecified atom stereocenters. The zero-order valence-corrected chi connectivity index (χ0v) is 17.5. The smallest absolute Gasteiger partial charge is 0.429 e. The molecule has 6 heteroatoms. The summed E-state index contributed by atoms with van der Waals surface area (Å²) in [5.41, 5.74) is -0.540. The molecule has 1 saturated carbocycles. The van der Waals surface area contributed by atoms with Gasteiger partial charge in [0.25, 0.3) is 6.29 Å². The van der Waals surface area contributed by atoms with Crippen molar-refractivity contribution in [1.29, 1.82) is 0 Å². The molecule has 2 fully saturated rings. The predicted octanol–water partition coefficient (Wildman–Crippen LogP) is 6.61. The Labute approximate surface area is 171 Å². The molecule has 0 aromatic heterocycles. The Bertz CT molecular complexity index is 619. The summed E-state index contributed by atoms with van der Waals surface area (Å²) in [5.74, 6) is 1.36. The number of hydrogen-bond donors (Lipinski definition) is 0. The highest BCUT2D eigenvalue weighted by molar-refractivity contribution is 5.30. The lowest BCUT2D eigenvalue weighted by molar-refractivity contribution is -0.362. The molecular formula is C23H33F3O3. The van der Waals surface area contributed by atoms with Crippen LogP contribution in [0.2, 0.25) is 0 Å². The number of hydrogen-bond acceptors (Lipinski definition) is 3. The van der Waals surface area contributed by atoms with E-state index >= 15 is 0 Å². The Morgan fingerprint density at radius 1 is 1.00 bits per heavy atom. The lowest BCUT2D eigenvalue weighted by atomic mass is 9.77. The van der Waals surface area contributed by atoms with Crippen LogP contribution in [0.15, 0.2) is 24.3 Å². The van der Waals surface area contributed by atoms with Gasteiger partial charge in [0.2, 0.25) is 0 Å². The van der Waals surface area contributed by atoms with Crippen LogP contribution in [0, 0.1) is 5.92 Å². The molecule has 1 heterocycles. The Balaban J connectivity index is 1.53. The van der Waals surface area contributed by atoms with Crippen LogP contribution in [0.1, 0.15) is 76.7 Å². The molecular weight excluding hydrogens is 381 g/mol. The topological polar surface area (TPSA) is 27.7 Å². The maximum Gasteiger partial charge on any atom is 0.451 e. The minimum absolute atomic E-state index is 0.0521. The average Bonchev–Trinajstić information content (AvgIpc) is 2.70. The summed E-state index contributed by atoms with van der Waals surface area (Å²) in [6.07, 6.45) is 2.50. The highest BCUT2D eigenvalue weighted by Crippen LogP contribution is 2.38. The lowest BCUT2D eigenvalue weighted by Gasteiger charge is -2.36. The number of ether oxygens (including phenoxy) is 3. The molecule has 0 atom stereocenters. The van der Waals surface area contributed by atoms with Crippen LogP contribution in [0.5, 0.6) is 5.75 Å². The molecule has 0 N–H and O–H groups in total. The fourth-order valence-electron chi connectivity index (χ4n) is 4.53. The number of rotatable bonds is 8. The van der Waals surface area contributed by atoms with Crippen molar-refractivity contribution < 1.29 is 27.4 Å². The van der Waals surface area contributed by atoms with Crippen LogP contribution in [-0.4, -0.2) is 31.3 Å². The molecule has 164 valence electrons. The zero-order valence-electron chi connectivity index (χ0n) is 17.5. The minimum atomic E-state index is -3.69. The normalized spacial score (nSPS) is 30.9. The molecule has 0 amide bonds. The van der Waals surface area contributed by atoms with Gasteiger partial charge in [-0.3, -0.25) is 0 Å². The van der Waals surface area contributed by atoms with Crippen molar-refractivity contribution in [3.8, 4) is 5.75 Å². The van der Waals surface area contributed by atoms with E-state index in [1.54, 1.807) is 12.1 Å². The lowest BCUT2D eigenvalue weighted by Crippen LogP contribution is -2.52. The second kappa shape index (κ2) is 9.69. The molecule has 29 heavy (non-hydrogen) atoms. The van der Waals surface area contributed by atoms with Crippen LogP contribution in [-0.2, 0) is 9.47 Å². The molecule has 2 aliphatic rings. The van der Waals surface area contributed by atoms with Crippen molar-refractivity contribution in [1.82, 2.24) is 0 Å². The second-order valence-corrected chi connectivity index (χ2v) is 8.59. The van der Waals surface area contributed by atoms with Gasteiger partial charge >= 0.3 is 6.11 Å². The fourth-order valence-corrected chi connectivity index (χ4v) is 4.53. The summed E-state index contributed by atoms with van der Waals surface area (Å²) in [6.45, 7) is 3.23.